The van der Waals surface area contributed by atoms with Crippen LogP contribution in [0.25, 0.3) is 21.7 Å². The Morgan fingerprint density at radius 2 is 1.61 bits per heavy atom. The first-order valence-corrected chi connectivity index (χ1v) is 10.6. The first kappa shape index (κ1) is 22.1. The van der Waals surface area contributed by atoms with Gasteiger partial charge in [-0.05, 0) is 35.1 Å². The molecule has 168 valence electrons. The Hall–Kier alpha value is -4.13. The Balaban J connectivity index is 1.48. The minimum Gasteiger partial charge on any atom is -0.445 e. The Morgan fingerprint density at radius 3 is 2.33 bits per heavy atom. The molecule has 1 amide bonds. The zero-order chi connectivity index (χ0) is 23.4. The van der Waals surface area contributed by atoms with Crippen LogP contribution in [0.2, 0.25) is 0 Å². The number of benzene rings is 3. The van der Waals surface area contributed by atoms with Gasteiger partial charge in [0.05, 0.1) is 5.39 Å². The third kappa shape index (κ3) is 5.03. The van der Waals surface area contributed by atoms with E-state index in [1.807, 2.05) is 42.5 Å². The van der Waals surface area contributed by atoms with E-state index in [4.69, 9.17) is 13.9 Å². The highest BCUT2D eigenvalue weighted by Crippen LogP contribution is 2.26. The SMILES string of the molecule is CC(C)C(NC(=O)OCc1ccccc1)C(=O)Oc1ccc2c(c1)oc(=O)c1ccccc12. The van der Waals surface area contributed by atoms with E-state index in [2.05, 4.69) is 5.32 Å². The lowest BCUT2D eigenvalue weighted by atomic mass is 10.1. The van der Waals surface area contributed by atoms with Gasteiger partial charge in [-0.1, -0.05) is 62.4 Å². The second-order valence-corrected chi connectivity index (χ2v) is 7.94. The van der Waals surface area contributed by atoms with Crippen LogP contribution in [0.15, 0.2) is 82.0 Å². The second-order valence-electron chi connectivity index (χ2n) is 7.94. The molecular formula is C26H23NO6. The average molecular weight is 445 g/mol. The number of fused-ring (bicyclic) bond motifs is 3. The maximum atomic E-state index is 12.8. The molecule has 0 radical (unpaired) electrons. The summed E-state index contributed by atoms with van der Waals surface area (Å²) in [6.45, 7) is 3.66. The Bertz CT molecular complexity index is 1360. The molecule has 0 bridgehead atoms. The van der Waals surface area contributed by atoms with E-state index in [9.17, 15) is 14.4 Å². The Kier molecular flexibility index (Phi) is 6.40. The van der Waals surface area contributed by atoms with Gasteiger partial charge in [-0.2, -0.15) is 0 Å². The fourth-order valence-corrected chi connectivity index (χ4v) is 3.49. The molecule has 0 fully saturated rings. The summed E-state index contributed by atoms with van der Waals surface area (Å²) in [6.07, 6.45) is -0.717. The first-order valence-electron chi connectivity index (χ1n) is 10.6. The summed E-state index contributed by atoms with van der Waals surface area (Å²) in [5.74, 6) is -0.690. The van der Waals surface area contributed by atoms with Gasteiger partial charge in [0.2, 0.25) is 0 Å². The molecule has 7 nitrogen and oxygen atoms in total. The molecule has 0 aliphatic rings. The molecule has 1 N–H and O–H groups in total. The van der Waals surface area contributed by atoms with Gasteiger partial charge in [0.1, 0.15) is 24.0 Å². The summed E-state index contributed by atoms with van der Waals surface area (Å²) in [5, 5.41) is 4.53. The maximum Gasteiger partial charge on any atom is 0.408 e. The molecule has 0 spiro atoms. The highest BCUT2D eigenvalue weighted by atomic mass is 16.6. The zero-order valence-electron chi connectivity index (χ0n) is 18.2. The number of hydrogen-bond donors (Lipinski definition) is 1. The highest BCUT2D eigenvalue weighted by molar-refractivity contribution is 6.04. The van der Waals surface area contributed by atoms with E-state index < -0.39 is 23.7 Å². The number of amides is 1. The van der Waals surface area contributed by atoms with Crippen molar-refractivity contribution in [3.05, 3.63) is 88.8 Å². The predicted octanol–water partition coefficient (Wildman–Crippen LogP) is 4.80. The molecule has 1 aromatic heterocycles. The molecule has 0 aliphatic heterocycles. The molecule has 0 saturated heterocycles. The number of carbonyl (C=O) groups excluding carboxylic acids is 2. The molecular weight excluding hydrogens is 422 g/mol. The fourth-order valence-electron chi connectivity index (χ4n) is 3.49. The molecule has 33 heavy (non-hydrogen) atoms. The van der Waals surface area contributed by atoms with Gasteiger partial charge in [0.25, 0.3) is 0 Å². The second kappa shape index (κ2) is 9.56. The van der Waals surface area contributed by atoms with Crippen molar-refractivity contribution < 1.29 is 23.5 Å². The number of esters is 1. The third-order valence-corrected chi connectivity index (χ3v) is 5.22. The van der Waals surface area contributed by atoms with Gasteiger partial charge in [-0.25, -0.2) is 14.4 Å². The van der Waals surface area contributed by atoms with E-state index >= 15 is 0 Å². The molecule has 4 aromatic rings. The van der Waals surface area contributed by atoms with E-state index in [1.165, 1.54) is 6.07 Å². The number of hydrogen-bond acceptors (Lipinski definition) is 6. The van der Waals surface area contributed by atoms with Crippen LogP contribution in [-0.4, -0.2) is 18.1 Å². The number of alkyl carbamates (subject to hydrolysis) is 1. The summed E-state index contributed by atoms with van der Waals surface area (Å²) in [5.41, 5.74) is 0.672. The quantitative estimate of drug-likeness (QED) is 0.198. The smallest absolute Gasteiger partial charge is 0.408 e. The highest BCUT2D eigenvalue weighted by Gasteiger charge is 2.27. The number of carbonyl (C=O) groups is 2. The van der Waals surface area contributed by atoms with Crippen LogP contribution in [0.3, 0.4) is 0 Å². The summed E-state index contributed by atoms with van der Waals surface area (Å²) < 4.78 is 16.1. The van der Waals surface area contributed by atoms with E-state index in [-0.39, 0.29) is 18.3 Å². The van der Waals surface area contributed by atoms with Gasteiger partial charge < -0.3 is 19.2 Å². The summed E-state index contributed by atoms with van der Waals surface area (Å²) in [7, 11) is 0. The Morgan fingerprint density at radius 1 is 0.909 bits per heavy atom. The molecule has 1 unspecified atom stereocenters. The number of ether oxygens (including phenoxy) is 2. The van der Waals surface area contributed by atoms with Crippen LogP contribution in [0.1, 0.15) is 19.4 Å². The molecule has 0 saturated carbocycles. The zero-order valence-corrected chi connectivity index (χ0v) is 18.2. The van der Waals surface area contributed by atoms with Crippen molar-refractivity contribution in [1.82, 2.24) is 5.32 Å². The van der Waals surface area contributed by atoms with Gasteiger partial charge in [-0.15, -0.1) is 0 Å². The van der Waals surface area contributed by atoms with Crippen LogP contribution < -0.4 is 15.7 Å². The minimum absolute atomic E-state index is 0.0875. The predicted molar refractivity (Wildman–Crippen MR) is 124 cm³/mol. The largest absolute Gasteiger partial charge is 0.445 e. The molecule has 1 heterocycles. The normalized spacial score (nSPS) is 12.0. The van der Waals surface area contributed by atoms with Crippen molar-refractivity contribution in [3.8, 4) is 5.75 Å². The van der Waals surface area contributed by atoms with Gasteiger partial charge in [0, 0.05) is 11.5 Å². The van der Waals surface area contributed by atoms with Gasteiger partial charge in [0.15, 0.2) is 0 Å². The van der Waals surface area contributed by atoms with Gasteiger partial charge in [-0.3, -0.25) is 0 Å². The van der Waals surface area contributed by atoms with E-state index in [0.29, 0.717) is 11.0 Å². The van der Waals surface area contributed by atoms with Crippen molar-refractivity contribution in [2.45, 2.75) is 26.5 Å². The van der Waals surface area contributed by atoms with Crippen molar-refractivity contribution in [2.75, 3.05) is 0 Å². The van der Waals surface area contributed by atoms with Crippen LogP contribution in [0.5, 0.6) is 5.75 Å². The van der Waals surface area contributed by atoms with Crippen LogP contribution >= 0.6 is 0 Å². The standard InChI is InChI=1S/C26H23NO6/c1-16(2)23(27-26(30)31-15-17-8-4-3-5-9-17)25(29)32-18-12-13-20-19-10-6-7-11-21(19)24(28)33-22(20)14-18/h3-14,16,23H,15H2,1-2H3,(H,27,30). The van der Waals surface area contributed by atoms with Gasteiger partial charge >= 0.3 is 17.7 Å². The van der Waals surface area contributed by atoms with Crippen molar-refractivity contribution in [3.63, 3.8) is 0 Å². The monoisotopic (exact) mass is 445 g/mol. The molecule has 4 rings (SSSR count). The van der Waals surface area contributed by atoms with Crippen LogP contribution in [0, 0.1) is 5.92 Å². The van der Waals surface area contributed by atoms with Crippen molar-refractivity contribution in [1.29, 1.82) is 0 Å². The Labute approximate surface area is 189 Å². The fraction of sp³-hybridized carbons (Fsp3) is 0.192. The lowest BCUT2D eigenvalue weighted by Gasteiger charge is -2.20. The third-order valence-electron chi connectivity index (χ3n) is 5.22. The first-order chi connectivity index (χ1) is 15.9. The summed E-state index contributed by atoms with van der Waals surface area (Å²) in [6, 6.07) is 20.3. The van der Waals surface area contributed by atoms with E-state index in [0.717, 1.165) is 16.3 Å². The van der Waals surface area contributed by atoms with Crippen LogP contribution in [0.4, 0.5) is 4.79 Å². The number of nitrogens with one attached hydrogen (secondary N) is 1. The lowest BCUT2D eigenvalue weighted by molar-refractivity contribution is -0.137. The summed E-state index contributed by atoms with van der Waals surface area (Å²) in [4.78, 5) is 37.3. The lowest BCUT2D eigenvalue weighted by Crippen LogP contribution is -2.46. The molecule has 3 aromatic carbocycles. The van der Waals surface area contributed by atoms with Crippen molar-refractivity contribution >= 4 is 33.8 Å². The molecule has 7 heteroatoms. The van der Waals surface area contributed by atoms with Crippen molar-refractivity contribution in [2.24, 2.45) is 5.92 Å². The topological polar surface area (TPSA) is 94.8 Å². The molecule has 0 aliphatic carbocycles. The molecule has 1 atom stereocenters. The number of rotatable bonds is 6. The van der Waals surface area contributed by atoms with E-state index in [1.54, 1.807) is 38.1 Å². The average Bonchev–Trinajstić information content (AvgIpc) is 2.81. The maximum absolute atomic E-state index is 12.8. The van der Waals surface area contributed by atoms with Crippen LogP contribution in [-0.2, 0) is 16.1 Å². The summed E-state index contributed by atoms with van der Waals surface area (Å²) >= 11 is 0. The minimum atomic E-state index is -0.924.